The number of hydrogen-bond acceptors (Lipinski definition) is 4. The highest BCUT2D eigenvalue weighted by Crippen LogP contribution is 2.31. The molecule has 0 amide bonds. The number of oxazole rings is 1. The Morgan fingerprint density at radius 3 is 2.71 bits per heavy atom. The van der Waals surface area contributed by atoms with Gasteiger partial charge in [0.2, 0.25) is 5.89 Å². The fourth-order valence-electron chi connectivity index (χ4n) is 2.99. The smallest absolute Gasteiger partial charge is 0.227 e. The standard InChI is InChI=1S/C20H22N2OS/c1-15-19(21-20(23-15)18-9-10-24-14-18)13-22(12-17-7-8-17)11-16-5-3-2-4-6-16/h2-6,9-10,14,17H,7-8,11-13H2,1H3. The average molecular weight is 338 g/mol. The van der Waals surface area contributed by atoms with Gasteiger partial charge in [0, 0.05) is 30.6 Å². The highest BCUT2D eigenvalue weighted by Gasteiger charge is 2.25. The molecule has 24 heavy (non-hydrogen) atoms. The molecule has 4 heteroatoms. The molecule has 124 valence electrons. The van der Waals surface area contributed by atoms with E-state index in [1.165, 1.54) is 18.4 Å². The number of rotatable bonds is 7. The van der Waals surface area contributed by atoms with Crippen LogP contribution in [-0.2, 0) is 13.1 Å². The van der Waals surface area contributed by atoms with E-state index in [-0.39, 0.29) is 0 Å². The lowest BCUT2D eigenvalue weighted by atomic mass is 10.2. The van der Waals surface area contributed by atoms with E-state index in [4.69, 9.17) is 9.40 Å². The fraction of sp³-hybridized carbons (Fsp3) is 0.350. The minimum atomic E-state index is 0.745. The number of aryl methyl sites for hydroxylation is 1. The van der Waals surface area contributed by atoms with Crippen LogP contribution in [0.15, 0.2) is 51.6 Å². The van der Waals surface area contributed by atoms with Crippen molar-refractivity contribution in [3.05, 3.63) is 64.2 Å². The molecule has 1 aromatic carbocycles. The Morgan fingerprint density at radius 1 is 1.17 bits per heavy atom. The molecule has 1 fully saturated rings. The van der Waals surface area contributed by atoms with Crippen molar-refractivity contribution < 1.29 is 4.42 Å². The molecule has 2 aromatic heterocycles. The summed E-state index contributed by atoms with van der Waals surface area (Å²) in [7, 11) is 0. The Morgan fingerprint density at radius 2 is 2.00 bits per heavy atom. The summed E-state index contributed by atoms with van der Waals surface area (Å²) in [4.78, 5) is 7.27. The Balaban J connectivity index is 1.51. The molecule has 0 spiro atoms. The van der Waals surface area contributed by atoms with Gasteiger partial charge in [0.05, 0.1) is 5.69 Å². The Labute approximate surface area is 147 Å². The number of aromatic nitrogens is 1. The van der Waals surface area contributed by atoms with Crippen LogP contribution in [0, 0.1) is 12.8 Å². The minimum absolute atomic E-state index is 0.745. The topological polar surface area (TPSA) is 29.3 Å². The number of thiophene rings is 1. The van der Waals surface area contributed by atoms with Gasteiger partial charge in [0.25, 0.3) is 0 Å². The minimum Gasteiger partial charge on any atom is -0.441 e. The van der Waals surface area contributed by atoms with E-state index in [1.54, 1.807) is 11.3 Å². The van der Waals surface area contributed by atoms with Crippen molar-refractivity contribution in [2.45, 2.75) is 32.9 Å². The first-order chi connectivity index (χ1) is 11.8. The van der Waals surface area contributed by atoms with Gasteiger partial charge < -0.3 is 4.42 Å². The molecule has 0 aliphatic heterocycles. The van der Waals surface area contributed by atoms with Crippen LogP contribution in [0.1, 0.15) is 29.9 Å². The molecular weight excluding hydrogens is 316 g/mol. The monoisotopic (exact) mass is 338 g/mol. The van der Waals surface area contributed by atoms with Gasteiger partial charge in [-0.1, -0.05) is 30.3 Å². The van der Waals surface area contributed by atoms with E-state index >= 15 is 0 Å². The van der Waals surface area contributed by atoms with Gasteiger partial charge in [-0.05, 0) is 42.7 Å². The van der Waals surface area contributed by atoms with E-state index in [1.807, 2.05) is 6.92 Å². The second-order valence-corrected chi connectivity index (χ2v) is 7.41. The third-order valence-corrected chi connectivity index (χ3v) is 5.18. The summed E-state index contributed by atoms with van der Waals surface area (Å²) in [6.45, 7) is 4.99. The second kappa shape index (κ2) is 6.91. The third-order valence-electron chi connectivity index (χ3n) is 4.50. The van der Waals surface area contributed by atoms with Gasteiger partial charge >= 0.3 is 0 Å². The van der Waals surface area contributed by atoms with E-state index < -0.39 is 0 Å². The quantitative estimate of drug-likeness (QED) is 0.598. The predicted molar refractivity (Wildman–Crippen MR) is 97.8 cm³/mol. The number of benzene rings is 1. The molecule has 1 saturated carbocycles. The number of nitrogens with zero attached hydrogens (tertiary/aromatic N) is 2. The lowest BCUT2D eigenvalue weighted by Gasteiger charge is -2.21. The Kier molecular flexibility index (Phi) is 4.50. The maximum absolute atomic E-state index is 5.90. The number of hydrogen-bond donors (Lipinski definition) is 0. The van der Waals surface area contributed by atoms with Gasteiger partial charge in [-0.3, -0.25) is 4.90 Å². The van der Waals surface area contributed by atoms with Crippen molar-refractivity contribution >= 4 is 11.3 Å². The lowest BCUT2D eigenvalue weighted by Crippen LogP contribution is -2.25. The molecule has 0 saturated heterocycles. The average Bonchev–Trinajstić information content (AvgIpc) is 3.09. The summed E-state index contributed by atoms with van der Waals surface area (Å²) in [5.74, 6) is 2.54. The summed E-state index contributed by atoms with van der Waals surface area (Å²) < 4.78 is 5.90. The molecule has 4 rings (SSSR count). The van der Waals surface area contributed by atoms with Crippen LogP contribution in [-0.4, -0.2) is 16.4 Å². The molecule has 3 nitrogen and oxygen atoms in total. The molecule has 0 radical (unpaired) electrons. The van der Waals surface area contributed by atoms with E-state index in [0.29, 0.717) is 0 Å². The zero-order chi connectivity index (χ0) is 16.4. The molecule has 0 atom stereocenters. The second-order valence-electron chi connectivity index (χ2n) is 6.63. The van der Waals surface area contributed by atoms with Crippen molar-refractivity contribution in [2.24, 2.45) is 5.92 Å². The van der Waals surface area contributed by atoms with Crippen LogP contribution >= 0.6 is 11.3 Å². The predicted octanol–water partition coefficient (Wildman–Crippen LogP) is 5.12. The zero-order valence-electron chi connectivity index (χ0n) is 13.9. The highest BCUT2D eigenvalue weighted by atomic mass is 32.1. The van der Waals surface area contributed by atoms with Crippen LogP contribution in [0.2, 0.25) is 0 Å². The van der Waals surface area contributed by atoms with Gasteiger partial charge in [-0.2, -0.15) is 11.3 Å². The summed E-state index contributed by atoms with van der Waals surface area (Å²) >= 11 is 1.67. The fourth-order valence-corrected chi connectivity index (χ4v) is 3.62. The van der Waals surface area contributed by atoms with Crippen LogP contribution in [0.3, 0.4) is 0 Å². The molecule has 0 bridgehead atoms. The van der Waals surface area contributed by atoms with Gasteiger partial charge in [-0.25, -0.2) is 4.98 Å². The molecule has 0 unspecified atom stereocenters. The Bertz CT molecular complexity index is 775. The summed E-state index contributed by atoms with van der Waals surface area (Å²) in [5.41, 5.74) is 3.50. The molecule has 3 aromatic rings. The Hall–Kier alpha value is -1.91. The maximum Gasteiger partial charge on any atom is 0.227 e. The van der Waals surface area contributed by atoms with Crippen molar-refractivity contribution in [2.75, 3.05) is 6.54 Å². The first-order valence-electron chi connectivity index (χ1n) is 8.53. The van der Waals surface area contributed by atoms with Gasteiger partial charge in [0.15, 0.2) is 0 Å². The van der Waals surface area contributed by atoms with Crippen LogP contribution in [0.5, 0.6) is 0 Å². The van der Waals surface area contributed by atoms with Crippen molar-refractivity contribution in [3.8, 4) is 11.5 Å². The maximum atomic E-state index is 5.90. The first-order valence-corrected chi connectivity index (χ1v) is 9.47. The molecule has 1 aliphatic carbocycles. The van der Waals surface area contributed by atoms with Crippen LogP contribution in [0.25, 0.3) is 11.5 Å². The third kappa shape index (κ3) is 3.77. The summed E-state index contributed by atoms with van der Waals surface area (Å²) in [6, 6.07) is 12.8. The van der Waals surface area contributed by atoms with Gasteiger partial charge in [-0.15, -0.1) is 0 Å². The normalized spacial score (nSPS) is 14.4. The summed E-state index contributed by atoms with van der Waals surface area (Å²) in [6.07, 6.45) is 2.73. The van der Waals surface area contributed by atoms with Gasteiger partial charge in [0.1, 0.15) is 5.76 Å². The highest BCUT2D eigenvalue weighted by molar-refractivity contribution is 7.08. The van der Waals surface area contributed by atoms with E-state index in [2.05, 4.69) is 52.1 Å². The van der Waals surface area contributed by atoms with E-state index in [9.17, 15) is 0 Å². The largest absolute Gasteiger partial charge is 0.441 e. The zero-order valence-corrected chi connectivity index (χ0v) is 14.8. The van der Waals surface area contributed by atoms with Crippen molar-refractivity contribution in [1.82, 2.24) is 9.88 Å². The SMILES string of the molecule is Cc1oc(-c2ccsc2)nc1CN(Cc1ccccc1)CC1CC1. The van der Waals surface area contributed by atoms with Crippen LogP contribution in [0.4, 0.5) is 0 Å². The lowest BCUT2D eigenvalue weighted by molar-refractivity contribution is 0.242. The van der Waals surface area contributed by atoms with Crippen molar-refractivity contribution in [1.29, 1.82) is 0 Å². The first kappa shape index (κ1) is 15.6. The summed E-state index contributed by atoms with van der Waals surface area (Å²) in [5, 5.41) is 4.14. The molecule has 0 N–H and O–H groups in total. The molecule has 1 aliphatic rings. The molecular formula is C20H22N2OS. The van der Waals surface area contributed by atoms with Crippen LogP contribution < -0.4 is 0 Å². The molecule has 2 heterocycles. The van der Waals surface area contributed by atoms with E-state index in [0.717, 1.165) is 48.5 Å². The van der Waals surface area contributed by atoms with Crippen molar-refractivity contribution in [3.63, 3.8) is 0 Å².